The van der Waals surface area contributed by atoms with Crippen molar-refractivity contribution in [3.63, 3.8) is 0 Å². The van der Waals surface area contributed by atoms with Crippen molar-refractivity contribution in [3.05, 3.63) is 0 Å². The van der Waals surface area contributed by atoms with Crippen molar-refractivity contribution in [2.24, 2.45) is 0 Å². The molecule has 0 amide bonds. The zero-order chi connectivity index (χ0) is 27.6. The lowest BCUT2D eigenvalue weighted by Crippen LogP contribution is -2.48. The fourth-order valence-corrected chi connectivity index (χ4v) is 4.87. The van der Waals surface area contributed by atoms with E-state index in [0.717, 1.165) is 50.7 Å². The molecule has 13 heteroatoms. The van der Waals surface area contributed by atoms with Gasteiger partial charge in [0.2, 0.25) is 1.43 Å². The predicted molar refractivity (Wildman–Crippen MR) is 139 cm³/mol. The molecule has 0 aromatic heterocycles. The molecule has 35 heavy (non-hydrogen) atoms. The first-order valence-electron chi connectivity index (χ1n) is 12.7. The highest BCUT2D eigenvalue weighted by Gasteiger charge is 2.38. The first-order valence-corrected chi connectivity index (χ1v) is 16.4. The van der Waals surface area contributed by atoms with E-state index in [9.17, 15) is 14.0 Å². The van der Waals surface area contributed by atoms with Gasteiger partial charge >= 0.3 is 15.6 Å². The maximum Gasteiger partial charge on any atom is 0.472 e. The molecule has 0 spiro atoms. The van der Waals surface area contributed by atoms with Gasteiger partial charge in [-0.1, -0.05) is 38.5 Å². The Morgan fingerprint density at radius 1 is 0.743 bits per heavy atom. The van der Waals surface area contributed by atoms with Crippen LogP contribution in [-0.4, -0.2) is 65.9 Å². The number of hydrogen-bond donors (Lipinski definition) is 3. The van der Waals surface area contributed by atoms with Gasteiger partial charge in [-0.15, -0.1) is 11.8 Å². The summed E-state index contributed by atoms with van der Waals surface area (Å²) in [5.41, 5.74) is -0.803. The van der Waals surface area contributed by atoms with E-state index in [-0.39, 0.29) is 19.8 Å². The molecule has 0 fully saturated rings. The fourth-order valence-electron chi connectivity index (χ4n) is 2.82. The smallest absolute Gasteiger partial charge is 0.376 e. The number of hydrogen-bond acceptors (Lipinski definition) is 9. The Hall–Kier alpha value is 0.490. The molecule has 0 aliphatic carbocycles. The van der Waals surface area contributed by atoms with Gasteiger partial charge in [0.15, 0.2) is 0 Å². The van der Waals surface area contributed by atoms with Crippen LogP contribution in [0.4, 0.5) is 0 Å². The molecule has 0 rings (SSSR count). The van der Waals surface area contributed by atoms with Crippen LogP contribution >= 0.6 is 27.4 Å². The summed E-state index contributed by atoms with van der Waals surface area (Å²) in [4.78, 5) is 22.3. The monoisotopic (exact) mass is 568 g/mol. The molecule has 0 saturated carbocycles. The van der Waals surface area contributed by atoms with E-state index >= 15 is 0 Å². The Morgan fingerprint density at radius 3 is 1.69 bits per heavy atom. The average Bonchev–Trinajstić information content (AvgIpc) is 2.81. The second-order valence-corrected chi connectivity index (χ2v) is 13.1. The average molecular weight is 569 g/mol. The number of rotatable bonds is 25. The normalized spacial score (nSPS) is 16.6. The first-order chi connectivity index (χ1) is 16.8. The van der Waals surface area contributed by atoms with Crippen LogP contribution in [0.15, 0.2) is 0 Å². The quantitative estimate of drug-likeness (QED) is 0.0674. The maximum atomic E-state index is 11.9. The summed E-state index contributed by atoms with van der Waals surface area (Å²) in [6.07, 6.45) is 8.63. The molecule has 2 atom stereocenters. The van der Waals surface area contributed by atoms with Gasteiger partial charge in [-0.2, -0.15) is 0 Å². The van der Waals surface area contributed by atoms with E-state index in [1.807, 2.05) is 27.7 Å². The minimum absolute atomic E-state index is 0.0909. The van der Waals surface area contributed by atoms with Crippen molar-refractivity contribution in [2.75, 3.05) is 38.6 Å². The van der Waals surface area contributed by atoms with Crippen LogP contribution in [0.2, 0.25) is 0 Å². The standard InChI is InChI=1S/C22H48O10P2S/c1-21(2,28-5)22(3,4)29-20-35-19-15-14-18-32-34(26,27)31-17-13-11-9-7-6-8-10-12-16-30-33(23,24)25/h6-20H2,1-5H3,(H,26,27)(H2,23,24,25)/i/hT. The third-order valence-electron chi connectivity index (χ3n) is 5.95. The van der Waals surface area contributed by atoms with Gasteiger partial charge in [-0.3, -0.25) is 13.6 Å². The summed E-state index contributed by atoms with van der Waals surface area (Å²) >= 11 is 1.66. The van der Waals surface area contributed by atoms with Crippen LogP contribution in [0.25, 0.3) is 0 Å². The number of methoxy groups -OCH3 is 1. The molecule has 0 aliphatic heterocycles. The van der Waals surface area contributed by atoms with Crippen LogP contribution in [0.5, 0.6) is 0 Å². The van der Waals surface area contributed by atoms with E-state index < -0.39 is 26.8 Å². The summed E-state index contributed by atoms with van der Waals surface area (Å²) in [6.45, 7) is 8.45. The van der Waals surface area contributed by atoms with Crippen LogP contribution in [0.3, 0.4) is 0 Å². The van der Waals surface area contributed by atoms with Crippen molar-refractivity contribution in [1.29, 1.82) is 1.43 Å². The Kier molecular flexibility index (Phi) is 17.9. The lowest BCUT2D eigenvalue weighted by Gasteiger charge is -2.40. The van der Waals surface area contributed by atoms with Crippen molar-refractivity contribution >= 4 is 27.4 Å². The number of unbranched alkanes of at least 4 members (excludes halogenated alkanes) is 8. The van der Waals surface area contributed by atoms with E-state index in [0.29, 0.717) is 25.2 Å². The zero-order valence-corrected chi connectivity index (χ0v) is 24.7. The molecular formula is C22H48O10P2S. The topological polar surface area (TPSA) is 141 Å². The highest BCUT2D eigenvalue weighted by atomic mass is 32.2. The molecular weight excluding hydrogens is 518 g/mol. The van der Waals surface area contributed by atoms with Crippen LogP contribution in [0, 0.1) is 0 Å². The van der Waals surface area contributed by atoms with E-state index in [1.165, 1.54) is 0 Å². The molecule has 212 valence electrons. The van der Waals surface area contributed by atoms with Gasteiger partial charge in [0.05, 0.1) is 37.0 Å². The summed E-state index contributed by atoms with van der Waals surface area (Å²) in [6, 6.07) is 0. The Balaban J connectivity index is 3.57. The summed E-state index contributed by atoms with van der Waals surface area (Å²) in [5.74, 6) is 1.41. The molecule has 10 nitrogen and oxygen atoms in total. The summed E-state index contributed by atoms with van der Waals surface area (Å²) in [7, 11) is -6.52. The van der Waals surface area contributed by atoms with Crippen LogP contribution in [-0.2, 0) is 32.2 Å². The number of ether oxygens (including phenoxy) is 2. The highest BCUT2D eigenvalue weighted by Crippen LogP contribution is 2.43. The Labute approximate surface area is 217 Å². The van der Waals surface area contributed by atoms with E-state index in [1.54, 1.807) is 18.9 Å². The van der Waals surface area contributed by atoms with Crippen molar-refractivity contribution in [3.8, 4) is 0 Å². The van der Waals surface area contributed by atoms with Gasteiger partial charge < -0.3 is 24.2 Å². The zero-order valence-electron chi connectivity index (χ0n) is 23.1. The minimum atomic E-state index is -4.19. The molecule has 2 unspecified atom stereocenters. The van der Waals surface area contributed by atoms with Gasteiger partial charge in [-0.25, -0.2) is 9.13 Å². The number of phosphoric acid groups is 2. The SMILES string of the molecule is [3H]OP(=O)(O)OCCCCCCCCCCOP(=O)(O)OCCCCSCOC(C)(C)C(C)(C)OC. The molecule has 0 aromatic carbocycles. The fraction of sp³-hybridized carbons (Fsp3) is 1.00. The third-order valence-corrected chi connectivity index (χ3v) is 8.34. The van der Waals surface area contributed by atoms with Crippen LogP contribution in [0.1, 0.15) is 91.9 Å². The van der Waals surface area contributed by atoms with Gasteiger partial charge in [0.25, 0.3) is 0 Å². The van der Waals surface area contributed by atoms with Gasteiger partial charge in [0.1, 0.15) is 0 Å². The predicted octanol–water partition coefficient (Wildman–Crippen LogP) is 6.04. The van der Waals surface area contributed by atoms with E-state index in [4.69, 9.17) is 24.8 Å². The van der Waals surface area contributed by atoms with Gasteiger partial charge in [0, 0.05) is 7.11 Å². The van der Waals surface area contributed by atoms with Crippen molar-refractivity contribution < 1.29 is 46.9 Å². The largest absolute Gasteiger partial charge is 0.472 e. The summed E-state index contributed by atoms with van der Waals surface area (Å²) < 4.78 is 55.3. The summed E-state index contributed by atoms with van der Waals surface area (Å²) in [5, 5.41) is 0. The molecule has 0 aromatic rings. The maximum absolute atomic E-state index is 11.9. The molecule has 0 aliphatic rings. The first kappa shape index (κ1) is 33.5. The van der Waals surface area contributed by atoms with Gasteiger partial charge in [-0.05, 0) is 59.1 Å². The van der Waals surface area contributed by atoms with Crippen LogP contribution < -0.4 is 0 Å². The molecule has 0 bridgehead atoms. The van der Waals surface area contributed by atoms with E-state index in [2.05, 4.69) is 9.42 Å². The molecule has 3 N–H and O–H groups in total. The second kappa shape index (κ2) is 18.7. The second-order valence-electron chi connectivity index (χ2n) is 9.37. The Morgan fingerprint density at radius 2 is 1.20 bits per heavy atom. The molecule has 0 saturated heterocycles. The highest BCUT2D eigenvalue weighted by molar-refractivity contribution is 7.99. The minimum Gasteiger partial charge on any atom is -0.376 e. The lowest BCUT2D eigenvalue weighted by atomic mass is 9.89. The third kappa shape index (κ3) is 20.2. The molecule has 0 radical (unpaired) electrons. The van der Waals surface area contributed by atoms with Crippen molar-refractivity contribution in [2.45, 2.75) is 103 Å². The number of phosphoric ester groups is 2. The van der Waals surface area contributed by atoms with Crippen molar-refractivity contribution in [1.82, 2.24) is 0 Å². The lowest BCUT2D eigenvalue weighted by molar-refractivity contribution is -0.151. The number of thioether (sulfide) groups is 1. The molecule has 0 heterocycles. The Bertz CT molecular complexity index is 654.